The second-order valence-corrected chi connectivity index (χ2v) is 1.93. The van der Waals surface area contributed by atoms with E-state index in [9.17, 15) is 0 Å². The number of aliphatic hydroxyl groups is 1. The molecule has 0 aromatic heterocycles. The monoisotopic (exact) mass is 146 g/mol. The minimum Gasteiger partial charge on any atom is -0.392 e. The van der Waals surface area contributed by atoms with Gasteiger partial charge in [-0.2, -0.15) is 0 Å². The van der Waals surface area contributed by atoms with Gasteiger partial charge in [0.15, 0.2) is 6.29 Å². The van der Waals surface area contributed by atoms with Crippen LogP contribution in [0.3, 0.4) is 0 Å². The first-order valence-electron chi connectivity index (χ1n) is 3.09. The van der Waals surface area contributed by atoms with Gasteiger partial charge in [-0.1, -0.05) is 6.08 Å². The molecular formula is C7H14O3. The van der Waals surface area contributed by atoms with Gasteiger partial charge in [0.2, 0.25) is 0 Å². The Morgan fingerprint density at radius 1 is 1.50 bits per heavy atom. The topological polar surface area (TPSA) is 38.7 Å². The highest BCUT2D eigenvalue weighted by Gasteiger charge is 2.05. The fourth-order valence-corrected chi connectivity index (χ4v) is 0.708. The summed E-state index contributed by atoms with van der Waals surface area (Å²) in [6.07, 6.45) is 1.32. The molecule has 0 amide bonds. The molecule has 0 aliphatic rings. The molecule has 0 radical (unpaired) electrons. The Bertz CT molecular complexity index is 105. The summed E-state index contributed by atoms with van der Waals surface area (Å²) >= 11 is 0. The van der Waals surface area contributed by atoms with Crippen molar-refractivity contribution in [2.75, 3.05) is 20.8 Å². The lowest BCUT2D eigenvalue weighted by Crippen LogP contribution is -2.14. The first kappa shape index (κ1) is 9.62. The van der Waals surface area contributed by atoms with Crippen molar-refractivity contribution in [3.8, 4) is 0 Å². The van der Waals surface area contributed by atoms with Crippen molar-refractivity contribution in [2.24, 2.45) is 0 Å². The maximum absolute atomic E-state index is 8.49. The summed E-state index contributed by atoms with van der Waals surface area (Å²) in [7, 11) is 3.12. The lowest BCUT2D eigenvalue weighted by atomic mass is 10.3. The number of methoxy groups -OCH3 is 2. The Morgan fingerprint density at radius 3 is 2.30 bits per heavy atom. The zero-order chi connectivity index (χ0) is 7.98. The van der Waals surface area contributed by atoms with Crippen molar-refractivity contribution in [2.45, 2.75) is 13.2 Å². The van der Waals surface area contributed by atoms with Crippen molar-refractivity contribution >= 4 is 0 Å². The molecule has 0 spiro atoms. The van der Waals surface area contributed by atoms with Crippen LogP contribution in [0.15, 0.2) is 11.6 Å². The van der Waals surface area contributed by atoms with Crippen LogP contribution in [0.2, 0.25) is 0 Å². The summed E-state index contributed by atoms with van der Waals surface area (Å²) in [5.74, 6) is 0. The third-order valence-corrected chi connectivity index (χ3v) is 1.21. The number of ether oxygens (including phenoxy) is 2. The van der Waals surface area contributed by atoms with Crippen LogP contribution >= 0.6 is 0 Å². The van der Waals surface area contributed by atoms with Crippen LogP contribution in [-0.2, 0) is 9.47 Å². The van der Waals surface area contributed by atoms with E-state index in [1.54, 1.807) is 20.3 Å². The van der Waals surface area contributed by atoms with Gasteiger partial charge in [0.1, 0.15) is 0 Å². The quantitative estimate of drug-likeness (QED) is 0.465. The second-order valence-electron chi connectivity index (χ2n) is 1.93. The smallest absolute Gasteiger partial charge is 0.178 e. The molecule has 0 aromatic carbocycles. The van der Waals surface area contributed by atoms with E-state index in [0.717, 1.165) is 5.57 Å². The molecule has 0 aliphatic heterocycles. The zero-order valence-corrected chi connectivity index (χ0v) is 6.63. The van der Waals surface area contributed by atoms with Gasteiger partial charge in [-0.05, 0) is 12.5 Å². The zero-order valence-electron chi connectivity index (χ0n) is 6.63. The van der Waals surface area contributed by atoms with Crippen molar-refractivity contribution < 1.29 is 14.6 Å². The normalized spacial score (nSPS) is 12.7. The molecule has 0 aliphatic carbocycles. The van der Waals surface area contributed by atoms with Crippen molar-refractivity contribution in [3.63, 3.8) is 0 Å². The lowest BCUT2D eigenvalue weighted by molar-refractivity contribution is -0.0750. The number of rotatable bonds is 4. The molecule has 60 valence electrons. The molecule has 0 heterocycles. The number of hydrogen-bond donors (Lipinski definition) is 1. The Hall–Kier alpha value is -0.380. The van der Waals surface area contributed by atoms with Crippen LogP contribution in [0.25, 0.3) is 0 Å². The highest BCUT2D eigenvalue weighted by molar-refractivity contribution is 5.01. The largest absolute Gasteiger partial charge is 0.392 e. The molecular weight excluding hydrogens is 132 g/mol. The molecule has 0 unspecified atom stereocenters. The summed E-state index contributed by atoms with van der Waals surface area (Å²) in [5.41, 5.74) is 0.882. The van der Waals surface area contributed by atoms with E-state index < -0.39 is 0 Å². The van der Waals surface area contributed by atoms with Gasteiger partial charge in [-0.25, -0.2) is 0 Å². The van der Waals surface area contributed by atoms with Crippen LogP contribution in [0.5, 0.6) is 0 Å². The Labute approximate surface area is 61.3 Å². The summed E-state index contributed by atoms with van der Waals surface area (Å²) in [6.45, 7) is 1.86. The van der Waals surface area contributed by atoms with Crippen molar-refractivity contribution in [1.29, 1.82) is 0 Å². The first-order valence-corrected chi connectivity index (χ1v) is 3.09. The molecule has 1 N–H and O–H groups in total. The third-order valence-electron chi connectivity index (χ3n) is 1.21. The van der Waals surface area contributed by atoms with Gasteiger partial charge in [-0.3, -0.25) is 0 Å². The molecule has 0 saturated heterocycles. The van der Waals surface area contributed by atoms with Crippen LogP contribution in [0, 0.1) is 0 Å². The van der Waals surface area contributed by atoms with E-state index in [-0.39, 0.29) is 12.9 Å². The van der Waals surface area contributed by atoms with Crippen molar-refractivity contribution in [3.05, 3.63) is 11.6 Å². The predicted molar refractivity (Wildman–Crippen MR) is 38.6 cm³/mol. The Morgan fingerprint density at radius 2 is 2.00 bits per heavy atom. The van der Waals surface area contributed by atoms with Gasteiger partial charge in [0.25, 0.3) is 0 Å². The average Bonchev–Trinajstić information content (AvgIpc) is 1.91. The van der Waals surface area contributed by atoms with Crippen LogP contribution in [0.1, 0.15) is 6.92 Å². The molecule has 0 fully saturated rings. The van der Waals surface area contributed by atoms with Crippen LogP contribution < -0.4 is 0 Å². The van der Waals surface area contributed by atoms with Gasteiger partial charge < -0.3 is 14.6 Å². The van der Waals surface area contributed by atoms with Gasteiger partial charge in [-0.15, -0.1) is 0 Å². The number of aliphatic hydroxyl groups excluding tert-OH is 1. The molecule has 0 atom stereocenters. The van der Waals surface area contributed by atoms with Crippen LogP contribution in [0.4, 0.5) is 0 Å². The molecule has 0 rings (SSSR count). The highest BCUT2D eigenvalue weighted by Crippen LogP contribution is 2.04. The van der Waals surface area contributed by atoms with E-state index in [4.69, 9.17) is 14.6 Å². The molecule has 0 bridgehead atoms. The second kappa shape index (κ2) is 5.41. The number of hydrogen-bond acceptors (Lipinski definition) is 3. The van der Waals surface area contributed by atoms with E-state index in [1.165, 1.54) is 0 Å². The fourth-order valence-electron chi connectivity index (χ4n) is 0.708. The molecule has 3 nitrogen and oxygen atoms in total. The SMILES string of the molecule is COC(OC)C(C)=CCO. The Kier molecular flexibility index (Phi) is 5.20. The molecule has 0 saturated carbocycles. The predicted octanol–water partition coefficient (Wildman–Crippen LogP) is 0.544. The van der Waals surface area contributed by atoms with E-state index in [1.807, 2.05) is 6.92 Å². The van der Waals surface area contributed by atoms with Crippen LogP contribution in [-0.4, -0.2) is 32.2 Å². The molecule has 10 heavy (non-hydrogen) atoms. The van der Waals surface area contributed by atoms with E-state index >= 15 is 0 Å². The third kappa shape index (κ3) is 2.96. The summed E-state index contributed by atoms with van der Waals surface area (Å²) < 4.78 is 9.82. The highest BCUT2D eigenvalue weighted by atomic mass is 16.7. The van der Waals surface area contributed by atoms with Gasteiger partial charge in [0.05, 0.1) is 6.61 Å². The first-order chi connectivity index (χ1) is 4.76. The summed E-state index contributed by atoms with van der Waals surface area (Å²) in [6, 6.07) is 0. The average molecular weight is 146 g/mol. The minimum absolute atomic E-state index is 0.0229. The standard InChI is InChI=1S/C7H14O3/c1-6(4-5-8)7(9-2)10-3/h4,7-8H,5H2,1-3H3. The van der Waals surface area contributed by atoms with E-state index in [0.29, 0.717) is 0 Å². The van der Waals surface area contributed by atoms with E-state index in [2.05, 4.69) is 0 Å². The van der Waals surface area contributed by atoms with Gasteiger partial charge in [0, 0.05) is 14.2 Å². The molecule has 3 heteroatoms. The maximum atomic E-state index is 8.49. The minimum atomic E-state index is -0.327. The van der Waals surface area contributed by atoms with Gasteiger partial charge >= 0.3 is 0 Å². The Balaban J connectivity index is 3.87. The maximum Gasteiger partial charge on any atom is 0.178 e. The van der Waals surface area contributed by atoms with Crippen molar-refractivity contribution in [1.82, 2.24) is 0 Å². The fraction of sp³-hybridized carbons (Fsp3) is 0.714. The lowest BCUT2D eigenvalue weighted by Gasteiger charge is -2.12. The summed E-state index contributed by atoms with van der Waals surface area (Å²) in [5, 5.41) is 8.49. The summed E-state index contributed by atoms with van der Waals surface area (Å²) in [4.78, 5) is 0. The molecule has 0 aromatic rings.